The van der Waals surface area contributed by atoms with E-state index in [-0.39, 0.29) is 18.1 Å². The average molecular weight is 360 g/mol. The van der Waals surface area contributed by atoms with E-state index in [1.54, 1.807) is 7.05 Å². The fraction of sp³-hybridized carbons (Fsp3) is 0.562. The van der Waals surface area contributed by atoms with E-state index in [1.807, 2.05) is 32.0 Å². The van der Waals surface area contributed by atoms with Crippen molar-refractivity contribution in [1.82, 2.24) is 5.32 Å². The summed E-state index contributed by atoms with van der Waals surface area (Å²) in [7, 11) is 1.64. The van der Waals surface area contributed by atoms with Crippen molar-refractivity contribution in [3.05, 3.63) is 28.8 Å². The smallest absolute Gasteiger partial charge is 0.323 e. The van der Waals surface area contributed by atoms with Crippen LogP contribution in [0, 0.1) is 5.92 Å². The van der Waals surface area contributed by atoms with Crippen LogP contribution in [-0.2, 0) is 13.7 Å². The van der Waals surface area contributed by atoms with Gasteiger partial charge in [0, 0.05) is 12.0 Å². The van der Waals surface area contributed by atoms with Gasteiger partial charge >= 0.3 is 5.97 Å². The Kier molecular flexibility index (Phi) is 6.73. The van der Waals surface area contributed by atoms with E-state index in [0.717, 1.165) is 16.9 Å². The van der Waals surface area contributed by atoms with Crippen molar-refractivity contribution >= 4 is 29.6 Å². The molecule has 0 aliphatic carbocycles. The maximum absolute atomic E-state index is 11.3. The van der Waals surface area contributed by atoms with Gasteiger partial charge in [-0.1, -0.05) is 24.6 Å². The first-order valence-corrected chi connectivity index (χ1v) is 8.74. The van der Waals surface area contributed by atoms with Crippen molar-refractivity contribution in [1.29, 1.82) is 0 Å². The molecule has 1 aromatic carbocycles. The molecule has 2 N–H and O–H groups in total. The lowest BCUT2D eigenvalue weighted by atomic mass is 9.94. The SMILES string of the molecule is CCOSc1cc(C2C[C@@H](C)[C@H](C(NC)C(=O)O)O2)ccc1Cl. The van der Waals surface area contributed by atoms with Crippen LogP contribution in [0.15, 0.2) is 23.1 Å². The molecule has 128 valence electrons. The maximum atomic E-state index is 11.3. The standard InChI is InChI=1S/C16H22ClNO4S/c1-4-21-23-13-8-10(5-6-11(13)17)12-7-9(2)15(22-12)14(18-3)16(19)20/h5-6,8-9,12,14-15,18H,4,7H2,1-3H3,(H,19,20)/t9-,12?,14?,15-/m1/s1. The van der Waals surface area contributed by atoms with Gasteiger partial charge in [-0.15, -0.1) is 0 Å². The zero-order valence-corrected chi connectivity index (χ0v) is 15.0. The molecule has 4 atom stereocenters. The summed E-state index contributed by atoms with van der Waals surface area (Å²) in [4.78, 5) is 12.2. The van der Waals surface area contributed by atoms with Gasteiger partial charge in [-0.05, 0) is 44.0 Å². The molecule has 1 aromatic rings. The number of ether oxygens (including phenoxy) is 1. The molecule has 1 fully saturated rings. The zero-order chi connectivity index (χ0) is 17.0. The number of carboxylic acids is 1. The summed E-state index contributed by atoms with van der Waals surface area (Å²) in [5, 5.41) is 12.8. The molecule has 2 unspecified atom stereocenters. The van der Waals surface area contributed by atoms with Gasteiger partial charge in [0.15, 0.2) is 0 Å². The highest BCUT2D eigenvalue weighted by atomic mass is 35.5. The van der Waals surface area contributed by atoms with Crippen LogP contribution in [0.4, 0.5) is 0 Å². The van der Waals surface area contributed by atoms with Crippen LogP contribution in [0.2, 0.25) is 5.02 Å². The molecular formula is C16H22ClNO4S. The third kappa shape index (κ3) is 4.39. The number of carbonyl (C=O) groups is 1. The van der Waals surface area contributed by atoms with Gasteiger partial charge in [0.2, 0.25) is 0 Å². The molecule has 1 heterocycles. The van der Waals surface area contributed by atoms with Crippen molar-refractivity contribution in [3.63, 3.8) is 0 Å². The van der Waals surface area contributed by atoms with Gasteiger partial charge in [-0.2, -0.15) is 0 Å². The molecule has 1 aliphatic rings. The molecule has 1 saturated heterocycles. The summed E-state index contributed by atoms with van der Waals surface area (Å²) >= 11 is 7.42. The molecule has 0 aromatic heterocycles. The van der Waals surface area contributed by atoms with E-state index in [9.17, 15) is 9.90 Å². The Bertz CT molecular complexity index is 557. The topological polar surface area (TPSA) is 67.8 Å². The van der Waals surface area contributed by atoms with Crippen LogP contribution in [0.1, 0.15) is 31.9 Å². The highest BCUT2D eigenvalue weighted by molar-refractivity contribution is 7.94. The lowest BCUT2D eigenvalue weighted by molar-refractivity contribution is -0.144. The van der Waals surface area contributed by atoms with Gasteiger partial charge in [0.05, 0.1) is 28.7 Å². The first kappa shape index (κ1) is 18.5. The minimum absolute atomic E-state index is 0.136. The molecule has 1 aliphatic heterocycles. The normalized spacial score (nSPS) is 25.5. The van der Waals surface area contributed by atoms with Gasteiger partial charge in [-0.3, -0.25) is 4.79 Å². The molecule has 7 heteroatoms. The lowest BCUT2D eigenvalue weighted by Gasteiger charge is -2.22. The van der Waals surface area contributed by atoms with Crippen molar-refractivity contribution in [3.8, 4) is 0 Å². The van der Waals surface area contributed by atoms with Crippen molar-refractivity contribution in [2.75, 3.05) is 13.7 Å². The molecule has 0 spiro atoms. The fourth-order valence-electron chi connectivity index (χ4n) is 2.81. The molecule has 23 heavy (non-hydrogen) atoms. The van der Waals surface area contributed by atoms with E-state index in [1.165, 1.54) is 12.0 Å². The first-order chi connectivity index (χ1) is 11.0. The summed E-state index contributed by atoms with van der Waals surface area (Å²) in [5.41, 5.74) is 0.992. The second kappa shape index (κ2) is 8.35. The third-order valence-electron chi connectivity index (χ3n) is 3.97. The first-order valence-electron chi connectivity index (χ1n) is 7.62. The van der Waals surface area contributed by atoms with Crippen LogP contribution in [0.25, 0.3) is 0 Å². The van der Waals surface area contributed by atoms with Crippen molar-refractivity contribution < 1.29 is 18.8 Å². The number of carboxylic acid groups (broad SMARTS) is 1. The number of benzene rings is 1. The van der Waals surface area contributed by atoms with E-state index < -0.39 is 12.0 Å². The molecule has 0 amide bonds. The summed E-state index contributed by atoms with van der Waals surface area (Å²) < 4.78 is 11.4. The highest BCUT2D eigenvalue weighted by Crippen LogP contribution is 2.40. The number of hydrogen-bond donors (Lipinski definition) is 2. The Morgan fingerprint density at radius 1 is 1.61 bits per heavy atom. The summed E-state index contributed by atoms with van der Waals surface area (Å²) in [6.07, 6.45) is 0.279. The molecule has 2 rings (SSSR count). The number of rotatable bonds is 7. The molecule has 0 radical (unpaired) electrons. The largest absolute Gasteiger partial charge is 0.480 e. The molecule has 0 bridgehead atoms. The maximum Gasteiger partial charge on any atom is 0.323 e. The number of nitrogens with one attached hydrogen (secondary N) is 1. The predicted octanol–water partition coefficient (Wildman–Crippen LogP) is 3.52. The van der Waals surface area contributed by atoms with Crippen molar-refractivity contribution in [2.45, 2.75) is 43.4 Å². The van der Waals surface area contributed by atoms with Gasteiger partial charge in [0.25, 0.3) is 0 Å². The van der Waals surface area contributed by atoms with Gasteiger partial charge in [-0.25, -0.2) is 0 Å². The average Bonchev–Trinajstić information content (AvgIpc) is 2.89. The Balaban J connectivity index is 2.15. The number of likely N-dealkylation sites (N-methyl/N-ethyl adjacent to an activating group) is 1. The zero-order valence-electron chi connectivity index (χ0n) is 13.4. The van der Waals surface area contributed by atoms with E-state index in [0.29, 0.717) is 11.6 Å². The molecule has 5 nitrogen and oxygen atoms in total. The van der Waals surface area contributed by atoms with E-state index >= 15 is 0 Å². The monoisotopic (exact) mass is 359 g/mol. The third-order valence-corrected chi connectivity index (χ3v) is 5.28. The summed E-state index contributed by atoms with van der Waals surface area (Å²) in [6.45, 7) is 4.53. The Hall–Kier alpha value is -0.790. The minimum atomic E-state index is -0.895. The predicted molar refractivity (Wildman–Crippen MR) is 90.8 cm³/mol. The molecular weight excluding hydrogens is 338 g/mol. The number of hydrogen-bond acceptors (Lipinski definition) is 5. The van der Waals surface area contributed by atoms with Gasteiger partial charge in [0.1, 0.15) is 6.04 Å². The van der Waals surface area contributed by atoms with Crippen LogP contribution in [0.3, 0.4) is 0 Å². The Labute approximate surface area is 145 Å². The minimum Gasteiger partial charge on any atom is -0.480 e. The highest BCUT2D eigenvalue weighted by Gasteiger charge is 2.40. The second-order valence-electron chi connectivity index (χ2n) is 5.59. The van der Waals surface area contributed by atoms with Crippen molar-refractivity contribution in [2.24, 2.45) is 5.92 Å². The number of aliphatic carboxylic acids is 1. The van der Waals surface area contributed by atoms with E-state index in [4.69, 9.17) is 20.5 Å². The number of halogens is 1. The Morgan fingerprint density at radius 3 is 2.96 bits per heavy atom. The van der Waals surface area contributed by atoms with Gasteiger partial charge < -0.3 is 19.3 Å². The fourth-order valence-corrected chi connectivity index (χ4v) is 3.60. The lowest BCUT2D eigenvalue weighted by Crippen LogP contribution is -2.46. The quantitative estimate of drug-likeness (QED) is 0.726. The van der Waals surface area contributed by atoms with E-state index in [2.05, 4.69) is 5.32 Å². The van der Waals surface area contributed by atoms with Crippen LogP contribution in [0.5, 0.6) is 0 Å². The van der Waals surface area contributed by atoms with Crippen LogP contribution >= 0.6 is 23.6 Å². The second-order valence-corrected chi connectivity index (χ2v) is 6.84. The van der Waals surface area contributed by atoms with Crippen LogP contribution < -0.4 is 5.32 Å². The Morgan fingerprint density at radius 2 is 2.35 bits per heavy atom. The molecule has 0 saturated carbocycles. The summed E-state index contributed by atoms with van der Waals surface area (Å²) in [5.74, 6) is -0.749. The summed E-state index contributed by atoms with van der Waals surface area (Å²) in [6, 6.07) is 5.00. The van der Waals surface area contributed by atoms with Crippen LogP contribution in [-0.4, -0.2) is 36.9 Å².